The molecule has 0 saturated heterocycles. The van der Waals surface area contributed by atoms with Crippen molar-refractivity contribution in [2.45, 2.75) is 20.8 Å². The van der Waals surface area contributed by atoms with Gasteiger partial charge in [-0.05, 0) is 6.92 Å². The molecule has 0 fully saturated rings. The molecule has 1 heteroatoms. The summed E-state index contributed by atoms with van der Waals surface area (Å²) >= 11 is 0. The van der Waals surface area contributed by atoms with Gasteiger partial charge in [0, 0.05) is 21.7 Å². The van der Waals surface area contributed by atoms with E-state index in [1.54, 1.807) is 0 Å². The number of hydrogen-bond acceptors (Lipinski definition) is 0. The van der Waals surface area contributed by atoms with Gasteiger partial charge in [0.2, 0.25) is 0 Å². The van der Waals surface area contributed by atoms with Crippen LogP contribution in [0.5, 0.6) is 0 Å². The smallest absolute Gasteiger partial charge is 0 e. The fourth-order valence-electron chi connectivity index (χ4n) is 1.73. The van der Waals surface area contributed by atoms with Crippen LogP contribution in [-0.4, -0.2) is 0 Å². The van der Waals surface area contributed by atoms with Gasteiger partial charge in [-0.25, -0.2) is 0 Å². The average Bonchev–Trinajstić information content (AvgIpc) is 2.41. The van der Waals surface area contributed by atoms with Crippen molar-refractivity contribution in [3.05, 3.63) is 41.0 Å². The molecule has 66 valence electrons. The van der Waals surface area contributed by atoms with Crippen LogP contribution in [0.15, 0.2) is 24.3 Å². The van der Waals surface area contributed by atoms with E-state index in [0.717, 1.165) is 0 Å². The van der Waals surface area contributed by atoms with Crippen molar-refractivity contribution < 1.29 is 21.7 Å². The van der Waals surface area contributed by atoms with Crippen molar-refractivity contribution in [3.63, 3.8) is 0 Å². The third kappa shape index (κ3) is 1.75. The standard InChI is InChI=1S/C12H13.Ti/c1-8-6-11-9(2)4-5-10(3)12(11)7-8;/h4-7H,1-3H3;/q-1;. The minimum absolute atomic E-state index is 0. The molecule has 0 aliphatic rings. The van der Waals surface area contributed by atoms with Crippen LogP contribution < -0.4 is 0 Å². The van der Waals surface area contributed by atoms with Gasteiger partial charge in [0.25, 0.3) is 0 Å². The molecule has 13 heavy (non-hydrogen) atoms. The summed E-state index contributed by atoms with van der Waals surface area (Å²) in [5.74, 6) is 0. The van der Waals surface area contributed by atoms with Crippen molar-refractivity contribution in [3.8, 4) is 0 Å². The van der Waals surface area contributed by atoms with Gasteiger partial charge >= 0.3 is 0 Å². The first-order valence-corrected chi connectivity index (χ1v) is 4.32. The summed E-state index contributed by atoms with van der Waals surface area (Å²) in [5, 5.41) is 2.82. The second-order valence-corrected chi connectivity index (χ2v) is 3.56. The topological polar surface area (TPSA) is 0 Å². The molecule has 2 aromatic carbocycles. The Labute approximate surface area is 94.2 Å². The SMILES string of the molecule is Cc1cc2c(C)ccc(C)c2[cH-]1.[Ti]. The van der Waals surface area contributed by atoms with E-state index < -0.39 is 0 Å². The molecule has 0 saturated carbocycles. The van der Waals surface area contributed by atoms with Crippen LogP contribution in [0, 0.1) is 20.8 Å². The number of aryl methyl sites for hydroxylation is 3. The molecule has 0 nitrogen and oxygen atoms in total. The maximum atomic E-state index is 2.26. The second-order valence-electron chi connectivity index (χ2n) is 3.56. The Morgan fingerprint density at radius 3 is 2.23 bits per heavy atom. The Bertz CT molecular complexity index is 385. The van der Waals surface area contributed by atoms with Gasteiger partial charge in [-0.2, -0.15) is 6.07 Å². The summed E-state index contributed by atoms with van der Waals surface area (Å²) in [6.07, 6.45) is 0. The van der Waals surface area contributed by atoms with Gasteiger partial charge in [-0.15, -0.1) is 34.0 Å². The molecule has 0 amide bonds. The molecule has 2 aromatic rings. The van der Waals surface area contributed by atoms with Crippen LogP contribution in [0.1, 0.15) is 16.7 Å². The van der Waals surface area contributed by atoms with Gasteiger partial charge in [0.1, 0.15) is 0 Å². The van der Waals surface area contributed by atoms with E-state index in [-0.39, 0.29) is 21.7 Å². The molecule has 0 aromatic heterocycles. The number of benzene rings is 1. The first-order chi connectivity index (χ1) is 5.68. The fraction of sp³-hybridized carbons (Fsp3) is 0.250. The summed E-state index contributed by atoms with van der Waals surface area (Å²) in [6.45, 7) is 6.49. The Kier molecular flexibility index (Phi) is 3.05. The van der Waals surface area contributed by atoms with Crippen molar-refractivity contribution in [1.82, 2.24) is 0 Å². The van der Waals surface area contributed by atoms with Gasteiger partial charge in [0.05, 0.1) is 0 Å². The monoisotopic (exact) mass is 205 g/mol. The van der Waals surface area contributed by atoms with Gasteiger partial charge < -0.3 is 0 Å². The van der Waals surface area contributed by atoms with Crippen LogP contribution in [0.2, 0.25) is 0 Å². The van der Waals surface area contributed by atoms with Crippen molar-refractivity contribution in [2.24, 2.45) is 0 Å². The maximum absolute atomic E-state index is 2.26. The first-order valence-electron chi connectivity index (χ1n) is 4.32. The number of fused-ring (bicyclic) bond motifs is 1. The molecule has 0 atom stereocenters. The normalized spacial score (nSPS) is 10.1. The second kappa shape index (κ2) is 3.73. The Morgan fingerprint density at radius 1 is 1.00 bits per heavy atom. The number of hydrogen-bond donors (Lipinski definition) is 0. The van der Waals surface area contributed by atoms with Crippen molar-refractivity contribution in [2.75, 3.05) is 0 Å². The first kappa shape index (κ1) is 10.6. The zero-order valence-electron chi connectivity index (χ0n) is 8.31. The van der Waals surface area contributed by atoms with Crippen LogP contribution in [0.3, 0.4) is 0 Å². The fourth-order valence-corrected chi connectivity index (χ4v) is 1.73. The van der Waals surface area contributed by atoms with E-state index in [1.807, 2.05) is 0 Å². The molecule has 0 heterocycles. The summed E-state index contributed by atoms with van der Waals surface area (Å²) in [5.41, 5.74) is 4.12. The quantitative estimate of drug-likeness (QED) is 0.456. The summed E-state index contributed by atoms with van der Waals surface area (Å²) in [4.78, 5) is 0. The zero-order valence-corrected chi connectivity index (χ0v) is 9.87. The molecule has 0 aliphatic carbocycles. The zero-order chi connectivity index (χ0) is 8.72. The molecule has 0 bridgehead atoms. The Balaban J connectivity index is 0.000000845. The molecule has 0 spiro atoms. The van der Waals surface area contributed by atoms with E-state index >= 15 is 0 Å². The van der Waals surface area contributed by atoms with E-state index in [0.29, 0.717) is 0 Å². The maximum Gasteiger partial charge on any atom is 0 e. The van der Waals surface area contributed by atoms with Crippen LogP contribution in [-0.2, 0) is 21.7 Å². The molecule has 2 rings (SSSR count). The van der Waals surface area contributed by atoms with Crippen LogP contribution in [0.25, 0.3) is 10.8 Å². The minimum Gasteiger partial charge on any atom is -0.165 e. The van der Waals surface area contributed by atoms with Gasteiger partial charge in [-0.1, -0.05) is 25.5 Å². The van der Waals surface area contributed by atoms with Gasteiger partial charge in [0.15, 0.2) is 0 Å². The largest absolute Gasteiger partial charge is 0.165 e. The van der Waals surface area contributed by atoms with Crippen LogP contribution in [0.4, 0.5) is 0 Å². The molecule has 0 unspecified atom stereocenters. The Hall–Kier alpha value is -0.456. The van der Waals surface area contributed by atoms with E-state index in [1.165, 1.54) is 27.5 Å². The molecular formula is C12H13Ti-. The van der Waals surface area contributed by atoms with Crippen molar-refractivity contribution >= 4 is 10.8 Å². The molecule has 0 aliphatic heterocycles. The average molecular weight is 205 g/mol. The Morgan fingerprint density at radius 2 is 1.62 bits per heavy atom. The summed E-state index contributed by atoms with van der Waals surface area (Å²) < 4.78 is 0. The molecule has 0 N–H and O–H groups in total. The summed E-state index contributed by atoms with van der Waals surface area (Å²) in [7, 11) is 0. The van der Waals surface area contributed by atoms with E-state index in [4.69, 9.17) is 0 Å². The number of rotatable bonds is 0. The predicted molar refractivity (Wildman–Crippen MR) is 53.8 cm³/mol. The van der Waals surface area contributed by atoms with E-state index in [2.05, 4.69) is 45.0 Å². The van der Waals surface area contributed by atoms with Gasteiger partial charge in [-0.3, -0.25) is 0 Å². The third-order valence-electron chi connectivity index (χ3n) is 2.47. The van der Waals surface area contributed by atoms with Crippen molar-refractivity contribution in [1.29, 1.82) is 0 Å². The molecule has 0 radical (unpaired) electrons. The minimum atomic E-state index is 0. The molecular weight excluding hydrogens is 192 g/mol. The third-order valence-corrected chi connectivity index (χ3v) is 2.47. The van der Waals surface area contributed by atoms with E-state index in [9.17, 15) is 0 Å². The predicted octanol–water partition coefficient (Wildman–Crippen LogP) is 3.48. The van der Waals surface area contributed by atoms with Crippen LogP contribution >= 0.6 is 0 Å². The summed E-state index contributed by atoms with van der Waals surface area (Å²) in [6, 6.07) is 8.91.